The number of nitriles is 1. The third-order valence-electron chi connectivity index (χ3n) is 2.20. The summed E-state index contributed by atoms with van der Waals surface area (Å²) in [5.74, 6) is 0.705. The summed E-state index contributed by atoms with van der Waals surface area (Å²) < 4.78 is 0. The third kappa shape index (κ3) is 3.93. The average molecular weight is 180 g/mol. The van der Waals surface area contributed by atoms with Crippen LogP contribution in [0.2, 0.25) is 0 Å². The van der Waals surface area contributed by atoms with Crippen molar-refractivity contribution in [3.63, 3.8) is 0 Å². The Morgan fingerprint density at radius 1 is 1.62 bits per heavy atom. The van der Waals surface area contributed by atoms with Gasteiger partial charge in [0.05, 0.1) is 11.5 Å². The first-order valence-electron chi connectivity index (χ1n) is 4.71. The average Bonchev–Trinajstić information content (AvgIpc) is 2.85. The molecular formula is C10H16N2O. The van der Waals surface area contributed by atoms with Crippen LogP contribution in [0.15, 0.2) is 0 Å². The van der Waals surface area contributed by atoms with E-state index in [9.17, 15) is 4.79 Å². The summed E-state index contributed by atoms with van der Waals surface area (Å²) in [6, 6.07) is 2.15. The second-order valence-electron chi connectivity index (χ2n) is 4.42. The molecule has 1 fully saturated rings. The second kappa shape index (κ2) is 3.78. The third-order valence-corrected chi connectivity index (χ3v) is 2.20. The number of rotatable bonds is 4. The van der Waals surface area contributed by atoms with Crippen LogP contribution in [0.3, 0.4) is 0 Å². The maximum absolute atomic E-state index is 11.2. The van der Waals surface area contributed by atoms with Gasteiger partial charge in [-0.1, -0.05) is 0 Å². The molecule has 0 aromatic heterocycles. The minimum absolute atomic E-state index is 0.0887. The van der Waals surface area contributed by atoms with Crippen molar-refractivity contribution in [3.8, 4) is 6.07 Å². The molecule has 0 heterocycles. The Morgan fingerprint density at radius 3 is 2.69 bits per heavy atom. The lowest BCUT2D eigenvalue weighted by Crippen LogP contribution is -2.33. The Bertz CT molecular complexity index is 236. The van der Waals surface area contributed by atoms with Crippen molar-refractivity contribution in [2.45, 2.75) is 33.1 Å². The Balaban J connectivity index is 2.17. The number of amides is 1. The van der Waals surface area contributed by atoms with Crippen molar-refractivity contribution in [3.05, 3.63) is 0 Å². The lowest BCUT2D eigenvalue weighted by atomic mass is 9.96. The number of hydrogen-bond donors (Lipinski definition) is 1. The number of carbonyl (C=O) groups excluding carboxylic acids is 1. The van der Waals surface area contributed by atoms with Gasteiger partial charge in [0.1, 0.15) is 0 Å². The molecule has 72 valence electrons. The van der Waals surface area contributed by atoms with Gasteiger partial charge in [0, 0.05) is 13.0 Å². The van der Waals surface area contributed by atoms with E-state index in [0.717, 1.165) is 0 Å². The molecule has 0 atom stereocenters. The van der Waals surface area contributed by atoms with E-state index in [1.54, 1.807) is 0 Å². The van der Waals surface area contributed by atoms with Crippen LogP contribution in [0.1, 0.15) is 33.1 Å². The monoisotopic (exact) mass is 180 g/mol. The molecule has 0 aromatic carbocycles. The largest absolute Gasteiger partial charge is 0.355 e. The smallest absolute Gasteiger partial charge is 0.220 e. The minimum atomic E-state index is -0.445. The van der Waals surface area contributed by atoms with E-state index in [4.69, 9.17) is 5.26 Å². The summed E-state index contributed by atoms with van der Waals surface area (Å²) >= 11 is 0. The van der Waals surface area contributed by atoms with Gasteiger partial charge in [0.25, 0.3) is 0 Å². The summed E-state index contributed by atoms with van der Waals surface area (Å²) in [6.45, 7) is 4.10. The van der Waals surface area contributed by atoms with Crippen molar-refractivity contribution < 1.29 is 4.79 Å². The maximum Gasteiger partial charge on any atom is 0.220 e. The summed E-state index contributed by atoms with van der Waals surface area (Å²) in [5.41, 5.74) is -0.445. The molecule has 0 unspecified atom stereocenters. The van der Waals surface area contributed by atoms with Crippen LogP contribution in [-0.4, -0.2) is 12.5 Å². The normalized spacial score (nSPS) is 16.4. The van der Waals surface area contributed by atoms with E-state index in [2.05, 4.69) is 11.4 Å². The summed E-state index contributed by atoms with van der Waals surface area (Å²) in [6.07, 6.45) is 3.02. The minimum Gasteiger partial charge on any atom is -0.355 e. The summed E-state index contributed by atoms with van der Waals surface area (Å²) in [4.78, 5) is 11.2. The quantitative estimate of drug-likeness (QED) is 0.712. The fourth-order valence-corrected chi connectivity index (χ4v) is 1.02. The van der Waals surface area contributed by atoms with Crippen molar-refractivity contribution in [2.75, 3.05) is 6.54 Å². The Hall–Kier alpha value is -1.04. The topological polar surface area (TPSA) is 52.9 Å². The summed E-state index contributed by atoms with van der Waals surface area (Å²) in [7, 11) is 0. The molecule has 3 heteroatoms. The van der Waals surface area contributed by atoms with E-state index < -0.39 is 5.41 Å². The van der Waals surface area contributed by atoms with Crippen molar-refractivity contribution in [1.82, 2.24) is 5.32 Å². The molecule has 0 radical (unpaired) electrons. The summed E-state index contributed by atoms with van der Waals surface area (Å²) in [5, 5.41) is 11.5. The second-order valence-corrected chi connectivity index (χ2v) is 4.42. The van der Waals surface area contributed by atoms with Crippen molar-refractivity contribution >= 4 is 5.91 Å². The molecule has 0 saturated heterocycles. The van der Waals surface area contributed by atoms with E-state index in [1.165, 1.54) is 12.8 Å². The van der Waals surface area contributed by atoms with Gasteiger partial charge in [0.15, 0.2) is 0 Å². The molecular weight excluding hydrogens is 164 g/mol. The molecule has 0 spiro atoms. The molecule has 0 bridgehead atoms. The first kappa shape index (κ1) is 10.0. The van der Waals surface area contributed by atoms with Gasteiger partial charge in [-0.25, -0.2) is 0 Å². The van der Waals surface area contributed by atoms with Crippen LogP contribution in [0.5, 0.6) is 0 Å². The highest BCUT2D eigenvalue weighted by atomic mass is 16.1. The zero-order valence-corrected chi connectivity index (χ0v) is 8.26. The fraction of sp³-hybridized carbons (Fsp3) is 0.800. The number of carbonyl (C=O) groups is 1. The van der Waals surface area contributed by atoms with Gasteiger partial charge in [-0.05, 0) is 32.6 Å². The molecule has 1 rings (SSSR count). The zero-order valence-electron chi connectivity index (χ0n) is 8.26. The molecule has 0 aromatic rings. The predicted molar refractivity (Wildman–Crippen MR) is 49.7 cm³/mol. The highest BCUT2D eigenvalue weighted by Crippen LogP contribution is 2.32. The van der Waals surface area contributed by atoms with Crippen LogP contribution in [0.4, 0.5) is 0 Å². The van der Waals surface area contributed by atoms with Crippen LogP contribution in [0, 0.1) is 22.7 Å². The Labute approximate surface area is 79.1 Å². The maximum atomic E-state index is 11.2. The number of hydrogen-bond acceptors (Lipinski definition) is 2. The number of nitrogens with zero attached hydrogens (tertiary/aromatic N) is 1. The van der Waals surface area contributed by atoms with Gasteiger partial charge in [0.2, 0.25) is 5.91 Å². The van der Waals surface area contributed by atoms with Crippen LogP contribution in [0.25, 0.3) is 0 Å². The standard InChI is InChI=1S/C10H16N2O/c1-10(2,6-11)7-12-9(13)5-8-3-4-8/h8H,3-5,7H2,1-2H3,(H,12,13). The first-order valence-corrected chi connectivity index (χ1v) is 4.71. The predicted octanol–water partition coefficient (Wildman–Crippen LogP) is 1.45. The van der Waals surface area contributed by atoms with Gasteiger partial charge in [-0.15, -0.1) is 0 Å². The lowest BCUT2D eigenvalue weighted by Gasteiger charge is -2.15. The van der Waals surface area contributed by atoms with Crippen LogP contribution >= 0.6 is 0 Å². The number of nitrogens with one attached hydrogen (secondary N) is 1. The molecule has 1 aliphatic rings. The van der Waals surface area contributed by atoms with Gasteiger partial charge >= 0.3 is 0 Å². The molecule has 1 N–H and O–H groups in total. The van der Waals surface area contributed by atoms with E-state index >= 15 is 0 Å². The van der Waals surface area contributed by atoms with Gasteiger partial charge in [-0.2, -0.15) is 5.26 Å². The zero-order chi connectivity index (χ0) is 9.90. The van der Waals surface area contributed by atoms with E-state index in [1.807, 2.05) is 13.8 Å². The Kier molecular flexibility index (Phi) is 2.92. The lowest BCUT2D eigenvalue weighted by molar-refractivity contribution is -0.121. The molecule has 1 saturated carbocycles. The van der Waals surface area contributed by atoms with Gasteiger partial charge < -0.3 is 5.32 Å². The molecule has 1 amide bonds. The van der Waals surface area contributed by atoms with Crippen molar-refractivity contribution in [2.24, 2.45) is 11.3 Å². The van der Waals surface area contributed by atoms with Gasteiger partial charge in [-0.3, -0.25) is 4.79 Å². The fourth-order valence-electron chi connectivity index (χ4n) is 1.02. The molecule has 0 aliphatic heterocycles. The first-order chi connectivity index (χ1) is 6.03. The SMILES string of the molecule is CC(C)(C#N)CNC(=O)CC1CC1. The highest BCUT2D eigenvalue weighted by molar-refractivity contribution is 5.76. The highest BCUT2D eigenvalue weighted by Gasteiger charge is 2.25. The Morgan fingerprint density at radius 2 is 2.23 bits per heavy atom. The van der Waals surface area contributed by atoms with Crippen LogP contribution < -0.4 is 5.32 Å². The van der Waals surface area contributed by atoms with Crippen molar-refractivity contribution in [1.29, 1.82) is 5.26 Å². The van der Waals surface area contributed by atoms with E-state index in [-0.39, 0.29) is 5.91 Å². The molecule has 3 nitrogen and oxygen atoms in total. The molecule has 1 aliphatic carbocycles. The van der Waals surface area contributed by atoms with Crippen LogP contribution in [-0.2, 0) is 4.79 Å². The van der Waals surface area contributed by atoms with E-state index in [0.29, 0.717) is 18.9 Å². The molecule has 13 heavy (non-hydrogen) atoms.